The highest BCUT2D eigenvalue weighted by atomic mass is 16.1. The van der Waals surface area contributed by atoms with Gasteiger partial charge in [-0.3, -0.25) is 4.79 Å². The van der Waals surface area contributed by atoms with Crippen molar-refractivity contribution in [1.82, 2.24) is 0 Å². The van der Waals surface area contributed by atoms with E-state index in [1.165, 1.54) is 24.8 Å². The summed E-state index contributed by atoms with van der Waals surface area (Å²) in [5.74, 6) is 1.13. The average Bonchev–Trinajstić information content (AvgIpc) is 2.37. The minimum absolute atomic E-state index is 0.157. The van der Waals surface area contributed by atoms with Crippen LogP contribution in [0.3, 0.4) is 0 Å². The molecule has 0 aromatic heterocycles. The molecule has 3 rings (SSSR count). The fraction of sp³-hybridized carbons (Fsp3) is 0.588. The topological polar surface area (TPSA) is 43.1 Å². The molecule has 19 heavy (non-hydrogen) atoms. The van der Waals surface area contributed by atoms with Crippen molar-refractivity contribution in [2.45, 2.75) is 56.9 Å². The van der Waals surface area contributed by atoms with E-state index in [2.05, 4.69) is 12.1 Å². The zero-order valence-corrected chi connectivity index (χ0v) is 11.5. The largest absolute Gasteiger partial charge is 0.328 e. The lowest BCUT2D eigenvalue weighted by molar-refractivity contribution is 0.0879. The van der Waals surface area contributed by atoms with Crippen LogP contribution in [-0.4, -0.2) is 11.8 Å². The smallest absolute Gasteiger partial charge is 0.166 e. The molecule has 2 saturated carbocycles. The molecule has 0 amide bonds. The molecule has 2 nitrogen and oxygen atoms in total. The van der Waals surface area contributed by atoms with Crippen LogP contribution in [0.2, 0.25) is 0 Å². The van der Waals surface area contributed by atoms with E-state index in [4.69, 9.17) is 5.73 Å². The molecule has 102 valence electrons. The van der Waals surface area contributed by atoms with Crippen molar-refractivity contribution < 1.29 is 4.79 Å². The summed E-state index contributed by atoms with van der Waals surface area (Å²) in [4.78, 5) is 12.8. The molecule has 0 saturated heterocycles. The zero-order valence-electron chi connectivity index (χ0n) is 11.5. The summed E-state index contributed by atoms with van der Waals surface area (Å²) in [6.07, 6.45) is 7.87. The summed E-state index contributed by atoms with van der Waals surface area (Å²) in [5, 5.41) is 0. The fourth-order valence-corrected chi connectivity index (χ4v) is 3.48. The maximum atomic E-state index is 12.8. The number of hydrogen-bond donors (Lipinski definition) is 1. The first-order chi connectivity index (χ1) is 9.25. The van der Waals surface area contributed by atoms with Crippen molar-refractivity contribution in [3.05, 3.63) is 35.4 Å². The van der Waals surface area contributed by atoms with Crippen LogP contribution in [0.1, 0.15) is 66.8 Å². The van der Waals surface area contributed by atoms with Gasteiger partial charge in [0, 0.05) is 17.5 Å². The first-order valence-corrected chi connectivity index (χ1v) is 7.64. The van der Waals surface area contributed by atoms with Crippen molar-refractivity contribution in [2.24, 2.45) is 11.7 Å². The van der Waals surface area contributed by atoms with Gasteiger partial charge in [-0.2, -0.15) is 0 Å². The van der Waals surface area contributed by atoms with E-state index in [1.807, 2.05) is 12.1 Å². The Kier molecular flexibility index (Phi) is 3.69. The molecule has 2 aliphatic carbocycles. The average molecular weight is 257 g/mol. The Morgan fingerprint density at radius 2 is 1.79 bits per heavy atom. The van der Waals surface area contributed by atoms with Crippen LogP contribution in [0.4, 0.5) is 0 Å². The third kappa shape index (κ3) is 2.59. The SMILES string of the molecule is NC1CCCC(C(=O)c2ccccc2C2CCC2)C1. The molecule has 2 unspecified atom stereocenters. The van der Waals surface area contributed by atoms with Crippen molar-refractivity contribution in [3.8, 4) is 0 Å². The first kappa shape index (κ1) is 12.9. The number of Topliss-reactive ketones (excluding diaryl/α,β-unsaturated/α-hetero) is 1. The number of carbonyl (C=O) groups is 1. The summed E-state index contributed by atoms with van der Waals surface area (Å²) in [6, 6.07) is 8.46. The summed E-state index contributed by atoms with van der Waals surface area (Å²) in [7, 11) is 0. The van der Waals surface area contributed by atoms with Gasteiger partial charge in [0.2, 0.25) is 0 Å². The lowest BCUT2D eigenvalue weighted by Crippen LogP contribution is -2.32. The molecule has 2 atom stereocenters. The van der Waals surface area contributed by atoms with Crippen LogP contribution >= 0.6 is 0 Å². The first-order valence-electron chi connectivity index (χ1n) is 7.64. The summed E-state index contributed by atoms with van der Waals surface area (Å²) >= 11 is 0. The molecular formula is C17H23NO. The van der Waals surface area contributed by atoms with Gasteiger partial charge in [-0.05, 0) is 43.6 Å². The second-order valence-corrected chi connectivity index (χ2v) is 6.20. The van der Waals surface area contributed by atoms with E-state index in [0.29, 0.717) is 11.7 Å². The number of hydrogen-bond acceptors (Lipinski definition) is 2. The van der Waals surface area contributed by atoms with Crippen molar-refractivity contribution >= 4 is 5.78 Å². The van der Waals surface area contributed by atoms with Crippen LogP contribution < -0.4 is 5.73 Å². The van der Waals surface area contributed by atoms with Gasteiger partial charge < -0.3 is 5.73 Å². The summed E-state index contributed by atoms with van der Waals surface area (Å²) < 4.78 is 0. The molecule has 2 aliphatic rings. The number of ketones is 1. The Bertz CT molecular complexity index is 464. The summed E-state index contributed by atoms with van der Waals surface area (Å²) in [5.41, 5.74) is 8.29. The molecule has 0 heterocycles. The van der Waals surface area contributed by atoms with Crippen molar-refractivity contribution in [3.63, 3.8) is 0 Å². The Morgan fingerprint density at radius 3 is 2.47 bits per heavy atom. The molecule has 1 aromatic rings. The van der Waals surface area contributed by atoms with Crippen LogP contribution in [-0.2, 0) is 0 Å². The van der Waals surface area contributed by atoms with E-state index in [0.717, 1.165) is 31.2 Å². The quantitative estimate of drug-likeness (QED) is 0.840. The lowest BCUT2D eigenvalue weighted by Gasteiger charge is -2.30. The Balaban J connectivity index is 1.82. The fourth-order valence-electron chi connectivity index (χ4n) is 3.48. The standard InChI is InChI=1S/C17H23NO/c18-14-8-4-7-13(11-14)17(19)16-10-2-1-9-15(16)12-5-3-6-12/h1-2,9-10,12-14H,3-8,11,18H2. The van der Waals surface area contributed by atoms with E-state index < -0.39 is 0 Å². The molecule has 1 aromatic carbocycles. The second kappa shape index (κ2) is 5.46. The minimum Gasteiger partial charge on any atom is -0.328 e. The lowest BCUT2D eigenvalue weighted by atomic mass is 9.75. The van der Waals surface area contributed by atoms with Gasteiger partial charge in [-0.1, -0.05) is 37.1 Å². The van der Waals surface area contributed by atoms with Gasteiger partial charge in [0.15, 0.2) is 5.78 Å². The van der Waals surface area contributed by atoms with E-state index in [-0.39, 0.29) is 12.0 Å². The predicted molar refractivity (Wildman–Crippen MR) is 77.3 cm³/mol. The summed E-state index contributed by atoms with van der Waals surface area (Å²) in [6.45, 7) is 0. The molecule has 0 spiro atoms. The monoisotopic (exact) mass is 257 g/mol. The van der Waals surface area contributed by atoms with Gasteiger partial charge in [-0.15, -0.1) is 0 Å². The molecule has 0 bridgehead atoms. The highest BCUT2D eigenvalue weighted by Gasteiger charge is 2.30. The molecule has 0 aliphatic heterocycles. The number of carbonyl (C=O) groups excluding carboxylic acids is 1. The van der Waals surface area contributed by atoms with Crippen molar-refractivity contribution in [2.75, 3.05) is 0 Å². The molecule has 2 N–H and O–H groups in total. The zero-order chi connectivity index (χ0) is 13.2. The van der Waals surface area contributed by atoms with Gasteiger partial charge in [-0.25, -0.2) is 0 Å². The second-order valence-electron chi connectivity index (χ2n) is 6.20. The van der Waals surface area contributed by atoms with Crippen LogP contribution in [0.25, 0.3) is 0 Å². The molecule has 2 heteroatoms. The number of benzene rings is 1. The Morgan fingerprint density at radius 1 is 1.05 bits per heavy atom. The molecule has 0 radical (unpaired) electrons. The normalized spacial score (nSPS) is 27.8. The minimum atomic E-state index is 0.157. The highest BCUT2D eigenvalue weighted by Crippen LogP contribution is 2.39. The number of rotatable bonds is 3. The predicted octanol–water partition coefficient (Wildman–Crippen LogP) is 3.65. The van der Waals surface area contributed by atoms with Crippen molar-refractivity contribution in [1.29, 1.82) is 0 Å². The number of nitrogens with two attached hydrogens (primary N) is 1. The molecule has 2 fully saturated rings. The van der Waals surface area contributed by atoms with Gasteiger partial charge in [0.1, 0.15) is 0 Å². The van der Waals surface area contributed by atoms with E-state index in [9.17, 15) is 4.79 Å². The third-order valence-corrected chi connectivity index (χ3v) is 4.86. The third-order valence-electron chi connectivity index (χ3n) is 4.86. The van der Waals surface area contributed by atoms with E-state index in [1.54, 1.807) is 0 Å². The van der Waals surface area contributed by atoms with Gasteiger partial charge in [0.05, 0.1) is 0 Å². The van der Waals surface area contributed by atoms with Gasteiger partial charge in [0.25, 0.3) is 0 Å². The molecular weight excluding hydrogens is 234 g/mol. The Hall–Kier alpha value is -1.15. The van der Waals surface area contributed by atoms with E-state index >= 15 is 0 Å². The van der Waals surface area contributed by atoms with Crippen LogP contribution in [0, 0.1) is 5.92 Å². The highest BCUT2D eigenvalue weighted by molar-refractivity contribution is 5.99. The van der Waals surface area contributed by atoms with Crippen LogP contribution in [0.15, 0.2) is 24.3 Å². The maximum Gasteiger partial charge on any atom is 0.166 e. The Labute approximate surface area is 115 Å². The van der Waals surface area contributed by atoms with Gasteiger partial charge >= 0.3 is 0 Å². The maximum absolute atomic E-state index is 12.8. The van der Waals surface area contributed by atoms with Crippen LogP contribution in [0.5, 0.6) is 0 Å².